The molecule has 0 saturated carbocycles. The number of halogens is 1. The summed E-state index contributed by atoms with van der Waals surface area (Å²) >= 11 is 5.90. The van der Waals surface area contributed by atoms with Gasteiger partial charge in [0.15, 0.2) is 0 Å². The number of aliphatic carboxylic acids is 1. The summed E-state index contributed by atoms with van der Waals surface area (Å²) in [5.41, 5.74) is 3.35. The molecule has 0 unspecified atom stereocenters. The first-order valence-electron chi connectivity index (χ1n) is 7.42. The van der Waals surface area contributed by atoms with Crippen LogP contribution in [0, 0.1) is 5.41 Å². The van der Waals surface area contributed by atoms with Crippen molar-refractivity contribution in [3.63, 3.8) is 0 Å². The van der Waals surface area contributed by atoms with Gasteiger partial charge >= 0.3 is 5.97 Å². The van der Waals surface area contributed by atoms with Crippen molar-refractivity contribution in [2.45, 2.75) is 33.1 Å². The maximum absolute atomic E-state index is 10.8. The summed E-state index contributed by atoms with van der Waals surface area (Å²) in [5.74, 6) is -0.733. The third kappa shape index (κ3) is 4.88. The lowest BCUT2D eigenvalue weighted by molar-refractivity contribution is -0.139. The molecule has 0 aliphatic carbocycles. The van der Waals surface area contributed by atoms with Crippen molar-refractivity contribution in [3.05, 3.63) is 59.1 Å². The summed E-state index contributed by atoms with van der Waals surface area (Å²) in [4.78, 5) is 10.8. The van der Waals surface area contributed by atoms with E-state index in [1.807, 2.05) is 38.1 Å². The largest absolute Gasteiger partial charge is 0.481 e. The molecule has 3 heteroatoms. The fourth-order valence-corrected chi connectivity index (χ4v) is 2.61. The molecule has 0 amide bonds. The van der Waals surface area contributed by atoms with Gasteiger partial charge in [-0.1, -0.05) is 61.8 Å². The highest BCUT2D eigenvalue weighted by Gasteiger charge is 2.21. The molecule has 116 valence electrons. The zero-order valence-electron chi connectivity index (χ0n) is 13.0. The van der Waals surface area contributed by atoms with Crippen LogP contribution in [0.1, 0.15) is 32.3 Å². The monoisotopic (exact) mass is 316 g/mol. The first-order valence-corrected chi connectivity index (χ1v) is 7.80. The van der Waals surface area contributed by atoms with Crippen molar-refractivity contribution in [2.75, 3.05) is 0 Å². The smallest absolute Gasteiger partial charge is 0.303 e. The highest BCUT2D eigenvalue weighted by molar-refractivity contribution is 6.30. The molecule has 0 aliphatic heterocycles. The Morgan fingerprint density at radius 2 is 1.50 bits per heavy atom. The van der Waals surface area contributed by atoms with Crippen LogP contribution in [0.3, 0.4) is 0 Å². The predicted molar refractivity (Wildman–Crippen MR) is 91.2 cm³/mol. The Bertz CT molecular complexity index is 627. The Balaban J connectivity index is 2.00. The molecular formula is C19H21ClO2. The molecule has 0 fully saturated rings. The minimum absolute atomic E-state index is 0.180. The highest BCUT2D eigenvalue weighted by atomic mass is 35.5. The van der Waals surface area contributed by atoms with Gasteiger partial charge in [0.25, 0.3) is 0 Å². The Hall–Kier alpha value is -1.80. The van der Waals surface area contributed by atoms with Crippen molar-refractivity contribution in [1.29, 1.82) is 0 Å². The van der Waals surface area contributed by atoms with E-state index in [0.29, 0.717) is 0 Å². The molecule has 22 heavy (non-hydrogen) atoms. The standard InChI is InChI=1S/C19H21ClO2/c1-19(2,13-18(21)22)12-11-14-3-5-15(6-4-14)16-7-9-17(20)10-8-16/h3-10H,11-13H2,1-2H3,(H,21,22). The molecule has 1 N–H and O–H groups in total. The molecule has 0 radical (unpaired) electrons. The van der Waals surface area contributed by atoms with Crippen LogP contribution >= 0.6 is 11.6 Å². The van der Waals surface area contributed by atoms with Crippen molar-refractivity contribution >= 4 is 17.6 Å². The maximum Gasteiger partial charge on any atom is 0.303 e. The minimum Gasteiger partial charge on any atom is -0.481 e. The van der Waals surface area contributed by atoms with E-state index in [1.165, 1.54) is 5.56 Å². The molecule has 2 rings (SSSR count). The van der Waals surface area contributed by atoms with Gasteiger partial charge in [0, 0.05) is 5.02 Å². The molecule has 2 aromatic carbocycles. The van der Waals surface area contributed by atoms with Crippen molar-refractivity contribution in [2.24, 2.45) is 5.41 Å². The second-order valence-electron chi connectivity index (χ2n) is 6.44. The average molecular weight is 317 g/mol. The summed E-state index contributed by atoms with van der Waals surface area (Å²) in [7, 11) is 0. The van der Waals surface area contributed by atoms with Gasteiger partial charge in [-0.25, -0.2) is 0 Å². The van der Waals surface area contributed by atoms with Gasteiger partial charge in [-0.3, -0.25) is 4.79 Å². The van der Waals surface area contributed by atoms with Crippen LogP contribution in [0.5, 0.6) is 0 Å². The first-order chi connectivity index (χ1) is 10.4. The van der Waals surface area contributed by atoms with Crippen LogP contribution in [0.25, 0.3) is 11.1 Å². The topological polar surface area (TPSA) is 37.3 Å². The number of carboxylic acid groups (broad SMARTS) is 1. The molecule has 0 spiro atoms. The summed E-state index contributed by atoms with van der Waals surface area (Å²) in [6.45, 7) is 4.01. The fourth-order valence-electron chi connectivity index (χ4n) is 2.49. The van der Waals surface area contributed by atoms with Crippen molar-refractivity contribution < 1.29 is 9.90 Å². The molecule has 0 aliphatic rings. The van der Waals surface area contributed by atoms with Crippen LogP contribution in [-0.4, -0.2) is 11.1 Å². The van der Waals surface area contributed by atoms with Crippen molar-refractivity contribution in [1.82, 2.24) is 0 Å². The lowest BCUT2D eigenvalue weighted by Gasteiger charge is -2.22. The van der Waals surface area contributed by atoms with Gasteiger partial charge in [0.2, 0.25) is 0 Å². The normalized spacial score (nSPS) is 11.4. The second kappa shape index (κ2) is 6.97. The second-order valence-corrected chi connectivity index (χ2v) is 6.87. The Morgan fingerprint density at radius 1 is 1.00 bits per heavy atom. The number of benzene rings is 2. The van der Waals surface area contributed by atoms with Gasteiger partial charge in [-0.2, -0.15) is 0 Å². The lowest BCUT2D eigenvalue weighted by atomic mass is 9.83. The number of hydrogen-bond acceptors (Lipinski definition) is 1. The van der Waals surface area contributed by atoms with Crippen LogP contribution < -0.4 is 0 Å². The van der Waals surface area contributed by atoms with E-state index in [2.05, 4.69) is 24.3 Å². The summed E-state index contributed by atoms with van der Waals surface area (Å²) in [6, 6.07) is 16.2. The molecule has 0 aromatic heterocycles. The summed E-state index contributed by atoms with van der Waals surface area (Å²) in [6.07, 6.45) is 1.95. The van der Waals surface area contributed by atoms with Gasteiger partial charge < -0.3 is 5.11 Å². The third-order valence-corrected chi connectivity index (χ3v) is 4.10. The van der Waals surface area contributed by atoms with Gasteiger partial charge in [0.1, 0.15) is 0 Å². The zero-order chi connectivity index (χ0) is 16.2. The Morgan fingerprint density at radius 3 is 2.00 bits per heavy atom. The van der Waals surface area contributed by atoms with E-state index in [-0.39, 0.29) is 11.8 Å². The van der Waals surface area contributed by atoms with E-state index in [9.17, 15) is 4.79 Å². The number of aryl methyl sites for hydroxylation is 1. The summed E-state index contributed by atoms with van der Waals surface area (Å²) < 4.78 is 0. The predicted octanol–water partition coefficient (Wildman–Crippen LogP) is 5.44. The summed E-state index contributed by atoms with van der Waals surface area (Å²) in [5, 5.41) is 9.66. The van der Waals surface area contributed by atoms with Gasteiger partial charge in [-0.05, 0) is 47.1 Å². The molecular weight excluding hydrogens is 296 g/mol. The molecule has 2 nitrogen and oxygen atoms in total. The third-order valence-electron chi connectivity index (χ3n) is 3.85. The molecule has 0 heterocycles. The number of hydrogen-bond donors (Lipinski definition) is 1. The number of carboxylic acids is 1. The number of carbonyl (C=O) groups is 1. The van der Waals surface area contributed by atoms with Crippen LogP contribution in [-0.2, 0) is 11.2 Å². The van der Waals surface area contributed by atoms with Gasteiger partial charge in [-0.15, -0.1) is 0 Å². The SMILES string of the molecule is CC(C)(CCc1ccc(-c2ccc(Cl)cc2)cc1)CC(=O)O. The van der Waals surface area contributed by atoms with Crippen LogP contribution in [0.4, 0.5) is 0 Å². The maximum atomic E-state index is 10.8. The van der Waals surface area contributed by atoms with E-state index >= 15 is 0 Å². The molecule has 2 aromatic rings. The van der Waals surface area contributed by atoms with E-state index in [4.69, 9.17) is 16.7 Å². The highest BCUT2D eigenvalue weighted by Crippen LogP contribution is 2.28. The Kier molecular flexibility index (Phi) is 5.25. The van der Waals surface area contributed by atoms with Crippen molar-refractivity contribution in [3.8, 4) is 11.1 Å². The molecule has 0 atom stereocenters. The van der Waals surface area contributed by atoms with E-state index < -0.39 is 5.97 Å². The van der Waals surface area contributed by atoms with Crippen LogP contribution in [0.2, 0.25) is 5.02 Å². The lowest BCUT2D eigenvalue weighted by Crippen LogP contribution is -2.17. The zero-order valence-corrected chi connectivity index (χ0v) is 13.7. The van der Waals surface area contributed by atoms with E-state index in [1.54, 1.807) is 0 Å². The molecule has 0 bridgehead atoms. The Labute approximate surface area is 136 Å². The fraction of sp³-hybridized carbons (Fsp3) is 0.316. The van der Waals surface area contributed by atoms with Gasteiger partial charge in [0.05, 0.1) is 6.42 Å². The number of rotatable bonds is 6. The first kappa shape index (κ1) is 16.6. The minimum atomic E-state index is -0.733. The van der Waals surface area contributed by atoms with E-state index in [0.717, 1.165) is 29.0 Å². The quantitative estimate of drug-likeness (QED) is 0.770. The molecule has 0 saturated heterocycles. The average Bonchev–Trinajstić information content (AvgIpc) is 2.45. The van der Waals surface area contributed by atoms with Crippen LogP contribution in [0.15, 0.2) is 48.5 Å².